The summed E-state index contributed by atoms with van der Waals surface area (Å²) in [6.07, 6.45) is 2.63. The van der Waals surface area contributed by atoms with Crippen molar-refractivity contribution in [1.82, 2.24) is 10.2 Å². The van der Waals surface area contributed by atoms with Crippen molar-refractivity contribution in [3.63, 3.8) is 0 Å². The molecule has 4 nitrogen and oxygen atoms in total. The second kappa shape index (κ2) is 7.09. The van der Waals surface area contributed by atoms with Crippen molar-refractivity contribution in [2.75, 3.05) is 19.6 Å². The highest BCUT2D eigenvalue weighted by atomic mass is 79.9. The predicted molar refractivity (Wildman–Crippen MR) is 82.7 cm³/mol. The molecule has 0 unspecified atom stereocenters. The van der Waals surface area contributed by atoms with Crippen LogP contribution in [0.4, 0.5) is 0 Å². The molecule has 2 N–H and O–H groups in total. The van der Waals surface area contributed by atoms with Gasteiger partial charge in [-0.1, -0.05) is 15.9 Å². The summed E-state index contributed by atoms with van der Waals surface area (Å²) in [4.78, 5) is 13.4. The number of aromatic hydroxyl groups is 1. The first-order chi connectivity index (χ1) is 9.58. The number of halogens is 1. The van der Waals surface area contributed by atoms with E-state index in [4.69, 9.17) is 0 Å². The lowest BCUT2D eigenvalue weighted by atomic mass is 10.1. The van der Waals surface area contributed by atoms with E-state index < -0.39 is 0 Å². The van der Waals surface area contributed by atoms with Gasteiger partial charge in [-0.3, -0.25) is 4.79 Å². The minimum atomic E-state index is 0.0850. The first kappa shape index (κ1) is 15.3. The molecule has 0 radical (unpaired) electrons. The molecule has 2 rings (SSSR count). The van der Waals surface area contributed by atoms with E-state index in [1.807, 2.05) is 24.0 Å². The standard InChI is InChI=1S/C15H21BrN2O2/c1-11(13-10-12(16)5-6-14(13)19)17-7-3-9-18-8-2-4-15(18)20/h5-6,10-11,17,19H,2-4,7-9H2,1H3/t11-/m0/s1. The molecule has 0 spiro atoms. The maximum atomic E-state index is 11.5. The number of hydrogen-bond donors (Lipinski definition) is 2. The van der Waals surface area contributed by atoms with E-state index in [0.29, 0.717) is 12.2 Å². The zero-order chi connectivity index (χ0) is 14.5. The highest BCUT2D eigenvalue weighted by molar-refractivity contribution is 9.10. The topological polar surface area (TPSA) is 52.6 Å². The Balaban J connectivity index is 1.76. The summed E-state index contributed by atoms with van der Waals surface area (Å²) >= 11 is 3.41. The van der Waals surface area contributed by atoms with Crippen LogP contribution in [0.2, 0.25) is 0 Å². The number of carbonyl (C=O) groups excluding carboxylic acids is 1. The zero-order valence-corrected chi connectivity index (χ0v) is 13.3. The van der Waals surface area contributed by atoms with Gasteiger partial charge in [0.15, 0.2) is 0 Å². The molecule has 1 fully saturated rings. The van der Waals surface area contributed by atoms with Gasteiger partial charge in [-0.05, 0) is 44.5 Å². The minimum absolute atomic E-state index is 0.0850. The number of hydrogen-bond acceptors (Lipinski definition) is 3. The van der Waals surface area contributed by atoms with Gasteiger partial charge in [-0.15, -0.1) is 0 Å². The van der Waals surface area contributed by atoms with Gasteiger partial charge in [-0.25, -0.2) is 0 Å². The highest BCUT2D eigenvalue weighted by Gasteiger charge is 2.19. The summed E-state index contributed by atoms with van der Waals surface area (Å²) in [5.74, 6) is 0.589. The van der Waals surface area contributed by atoms with Crippen LogP contribution in [0.25, 0.3) is 0 Å². The molecule has 1 aromatic rings. The van der Waals surface area contributed by atoms with E-state index >= 15 is 0 Å². The third-order valence-electron chi connectivity index (χ3n) is 3.68. The Hall–Kier alpha value is -1.07. The minimum Gasteiger partial charge on any atom is -0.508 e. The molecule has 1 heterocycles. The molecule has 110 valence electrons. The van der Waals surface area contributed by atoms with Gasteiger partial charge in [0.2, 0.25) is 5.91 Å². The van der Waals surface area contributed by atoms with Gasteiger partial charge < -0.3 is 15.3 Å². The van der Waals surface area contributed by atoms with Crippen molar-refractivity contribution in [2.45, 2.75) is 32.2 Å². The molecule has 0 aromatic heterocycles. The monoisotopic (exact) mass is 340 g/mol. The van der Waals surface area contributed by atoms with E-state index in [1.54, 1.807) is 6.07 Å². The molecular weight excluding hydrogens is 320 g/mol. The van der Waals surface area contributed by atoms with Crippen molar-refractivity contribution in [3.05, 3.63) is 28.2 Å². The molecule has 20 heavy (non-hydrogen) atoms. The van der Waals surface area contributed by atoms with Crippen LogP contribution in [0.5, 0.6) is 5.75 Å². The lowest BCUT2D eigenvalue weighted by molar-refractivity contribution is -0.127. The summed E-state index contributed by atoms with van der Waals surface area (Å²) in [5.41, 5.74) is 0.886. The van der Waals surface area contributed by atoms with E-state index in [0.717, 1.165) is 42.5 Å². The van der Waals surface area contributed by atoms with Gasteiger partial charge in [0.25, 0.3) is 0 Å². The average molecular weight is 341 g/mol. The van der Waals surface area contributed by atoms with Crippen LogP contribution in [0.1, 0.15) is 37.8 Å². The van der Waals surface area contributed by atoms with Gasteiger partial charge in [0.05, 0.1) is 0 Å². The summed E-state index contributed by atoms with van der Waals surface area (Å²) in [5, 5.41) is 13.2. The van der Waals surface area contributed by atoms with Crippen LogP contribution < -0.4 is 5.32 Å². The maximum absolute atomic E-state index is 11.5. The lowest BCUT2D eigenvalue weighted by Gasteiger charge is -2.18. The number of likely N-dealkylation sites (tertiary alicyclic amines) is 1. The number of carbonyl (C=O) groups is 1. The molecule has 1 aliphatic heterocycles. The summed E-state index contributed by atoms with van der Waals surface area (Å²) in [6, 6.07) is 5.53. The van der Waals surface area contributed by atoms with Gasteiger partial charge in [-0.2, -0.15) is 0 Å². The van der Waals surface area contributed by atoms with Crippen molar-refractivity contribution in [3.8, 4) is 5.75 Å². The van der Waals surface area contributed by atoms with Gasteiger partial charge in [0.1, 0.15) is 5.75 Å². The predicted octanol–water partition coefficient (Wildman–Crippen LogP) is 2.82. The third kappa shape index (κ3) is 3.96. The Bertz CT molecular complexity index is 479. The summed E-state index contributed by atoms with van der Waals surface area (Å²) in [7, 11) is 0. The molecule has 1 saturated heterocycles. The largest absolute Gasteiger partial charge is 0.508 e. The van der Waals surface area contributed by atoms with Crippen LogP contribution in [-0.4, -0.2) is 35.5 Å². The smallest absolute Gasteiger partial charge is 0.222 e. The second-order valence-electron chi connectivity index (χ2n) is 5.22. The lowest BCUT2D eigenvalue weighted by Crippen LogP contribution is -2.29. The SMILES string of the molecule is C[C@H](NCCCN1CCCC1=O)c1cc(Br)ccc1O. The molecule has 0 bridgehead atoms. The summed E-state index contributed by atoms with van der Waals surface area (Å²) in [6.45, 7) is 4.59. The normalized spacial score (nSPS) is 16.7. The Morgan fingerprint density at radius 2 is 2.30 bits per heavy atom. The van der Waals surface area contributed by atoms with Crippen molar-refractivity contribution in [1.29, 1.82) is 0 Å². The van der Waals surface area contributed by atoms with E-state index in [2.05, 4.69) is 21.2 Å². The quantitative estimate of drug-likeness (QED) is 0.783. The van der Waals surface area contributed by atoms with Crippen molar-refractivity contribution >= 4 is 21.8 Å². The van der Waals surface area contributed by atoms with Crippen LogP contribution in [0.3, 0.4) is 0 Å². The van der Waals surface area contributed by atoms with Crippen LogP contribution >= 0.6 is 15.9 Å². The van der Waals surface area contributed by atoms with E-state index in [-0.39, 0.29) is 11.9 Å². The maximum Gasteiger partial charge on any atom is 0.222 e. The first-order valence-corrected chi connectivity index (χ1v) is 7.87. The number of phenolic OH excluding ortho intramolecular Hbond substituents is 1. The first-order valence-electron chi connectivity index (χ1n) is 7.07. The van der Waals surface area contributed by atoms with Crippen LogP contribution in [-0.2, 0) is 4.79 Å². The van der Waals surface area contributed by atoms with Crippen LogP contribution in [0, 0.1) is 0 Å². The number of nitrogens with zero attached hydrogens (tertiary/aromatic N) is 1. The number of amides is 1. The molecule has 1 aliphatic rings. The van der Waals surface area contributed by atoms with E-state index in [1.165, 1.54) is 0 Å². The number of benzene rings is 1. The Kier molecular flexibility index (Phi) is 5.43. The number of nitrogens with one attached hydrogen (secondary N) is 1. The van der Waals surface area contributed by atoms with Crippen molar-refractivity contribution in [2.24, 2.45) is 0 Å². The molecule has 1 atom stereocenters. The highest BCUT2D eigenvalue weighted by Crippen LogP contribution is 2.27. The van der Waals surface area contributed by atoms with Gasteiger partial charge in [0, 0.05) is 35.6 Å². The molecule has 5 heteroatoms. The fourth-order valence-electron chi connectivity index (χ4n) is 2.51. The van der Waals surface area contributed by atoms with Crippen molar-refractivity contribution < 1.29 is 9.90 Å². The summed E-state index contributed by atoms with van der Waals surface area (Å²) < 4.78 is 0.960. The zero-order valence-electron chi connectivity index (χ0n) is 11.7. The fourth-order valence-corrected chi connectivity index (χ4v) is 2.89. The third-order valence-corrected chi connectivity index (χ3v) is 4.18. The Morgan fingerprint density at radius 1 is 1.50 bits per heavy atom. The fraction of sp³-hybridized carbons (Fsp3) is 0.533. The Morgan fingerprint density at radius 3 is 3.00 bits per heavy atom. The van der Waals surface area contributed by atoms with E-state index in [9.17, 15) is 9.90 Å². The molecule has 1 amide bonds. The molecule has 1 aromatic carbocycles. The number of phenols is 1. The average Bonchev–Trinajstić information content (AvgIpc) is 2.83. The van der Waals surface area contributed by atoms with Crippen LogP contribution in [0.15, 0.2) is 22.7 Å². The molecule has 0 aliphatic carbocycles. The second-order valence-corrected chi connectivity index (χ2v) is 6.13. The molecule has 0 saturated carbocycles. The number of rotatable bonds is 6. The molecular formula is C15H21BrN2O2. The Labute approximate surface area is 128 Å². The van der Waals surface area contributed by atoms with Gasteiger partial charge >= 0.3 is 0 Å².